The quantitative estimate of drug-likeness (QED) is 0.559. The van der Waals surface area contributed by atoms with Gasteiger partial charge in [0.1, 0.15) is 5.75 Å². The fourth-order valence-electron chi connectivity index (χ4n) is 2.42. The van der Waals surface area contributed by atoms with E-state index in [-0.39, 0.29) is 12.5 Å². The molecule has 0 aliphatic carbocycles. The molecule has 26 heavy (non-hydrogen) atoms. The Bertz CT molecular complexity index is 897. The number of carbonyl (C=O) groups excluding carboxylic acids is 1. The predicted molar refractivity (Wildman–Crippen MR) is 102 cm³/mol. The Morgan fingerprint density at radius 3 is 2.88 bits per heavy atom. The van der Waals surface area contributed by atoms with Crippen LogP contribution in [0.4, 0.5) is 0 Å². The lowest BCUT2D eigenvalue weighted by molar-refractivity contribution is -0.116. The van der Waals surface area contributed by atoms with Gasteiger partial charge in [0.05, 0.1) is 25.6 Å². The second-order valence-electron chi connectivity index (χ2n) is 5.57. The van der Waals surface area contributed by atoms with E-state index in [2.05, 4.69) is 15.5 Å². The number of H-pyrrole nitrogens is 1. The number of benzene rings is 1. The molecule has 3 aromatic rings. The average Bonchev–Trinajstić information content (AvgIpc) is 3.34. The zero-order valence-corrected chi connectivity index (χ0v) is 15.0. The van der Waals surface area contributed by atoms with Crippen LogP contribution < -0.4 is 10.1 Å². The van der Waals surface area contributed by atoms with Gasteiger partial charge in [-0.1, -0.05) is 0 Å². The van der Waals surface area contributed by atoms with Gasteiger partial charge in [0.15, 0.2) is 0 Å². The number of nitrogens with one attached hydrogen (secondary N) is 2. The van der Waals surface area contributed by atoms with Crippen molar-refractivity contribution in [1.82, 2.24) is 15.5 Å². The second kappa shape index (κ2) is 8.46. The van der Waals surface area contributed by atoms with Gasteiger partial charge in [-0.3, -0.25) is 9.89 Å². The SMILES string of the molecule is COc1ccc(-c2[nH]ncc2CNC(=O)/C=C/c2cc(CO)cs2)cc1. The van der Waals surface area contributed by atoms with Gasteiger partial charge in [0.25, 0.3) is 0 Å². The number of ether oxygens (including phenoxy) is 1. The minimum Gasteiger partial charge on any atom is -0.497 e. The summed E-state index contributed by atoms with van der Waals surface area (Å²) in [5, 5.41) is 20.8. The molecule has 0 atom stereocenters. The van der Waals surface area contributed by atoms with E-state index in [1.54, 1.807) is 19.4 Å². The molecule has 1 aromatic carbocycles. The highest BCUT2D eigenvalue weighted by Crippen LogP contribution is 2.23. The summed E-state index contributed by atoms with van der Waals surface area (Å²) < 4.78 is 5.16. The molecule has 0 aliphatic heterocycles. The van der Waals surface area contributed by atoms with Crippen molar-refractivity contribution in [3.63, 3.8) is 0 Å². The predicted octanol–water partition coefficient (Wildman–Crippen LogP) is 2.97. The first-order valence-electron chi connectivity index (χ1n) is 8.00. The van der Waals surface area contributed by atoms with Gasteiger partial charge in [-0.25, -0.2) is 0 Å². The zero-order valence-electron chi connectivity index (χ0n) is 14.2. The Morgan fingerprint density at radius 2 is 2.19 bits per heavy atom. The molecule has 3 N–H and O–H groups in total. The zero-order chi connectivity index (χ0) is 18.4. The van der Waals surface area contributed by atoms with Crippen molar-refractivity contribution in [1.29, 1.82) is 0 Å². The molecular weight excluding hydrogens is 350 g/mol. The minimum absolute atomic E-state index is 0.00512. The van der Waals surface area contributed by atoms with Crippen molar-refractivity contribution >= 4 is 23.3 Å². The highest BCUT2D eigenvalue weighted by atomic mass is 32.1. The summed E-state index contributed by atoms with van der Waals surface area (Å²) in [6.07, 6.45) is 4.93. The standard InChI is InChI=1S/C19H19N3O3S/c1-25-16-4-2-14(3-5-16)19-15(10-21-22-19)9-20-18(24)7-6-17-8-13(11-23)12-26-17/h2-8,10,12,23H,9,11H2,1H3,(H,20,24)(H,21,22)/b7-6+. The van der Waals surface area contributed by atoms with E-state index in [1.807, 2.05) is 35.7 Å². The molecule has 6 nitrogen and oxygen atoms in total. The summed E-state index contributed by atoms with van der Waals surface area (Å²) in [4.78, 5) is 13.0. The van der Waals surface area contributed by atoms with Gasteiger partial charge < -0.3 is 15.2 Å². The number of methoxy groups -OCH3 is 1. The van der Waals surface area contributed by atoms with Crippen LogP contribution in [0.5, 0.6) is 5.75 Å². The number of aromatic nitrogens is 2. The molecule has 3 rings (SSSR count). The largest absolute Gasteiger partial charge is 0.497 e. The molecule has 7 heteroatoms. The van der Waals surface area contributed by atoms with Crippen LogP contribution in [0.2, 0.25) is 0 Å². The van der Waals surface area contributed by atoms with E-state index >= 15 is 0 Å². The third kappa shape index (κ3) is 4.38. The number of amides is 1. The topological polar surface area (TPSA) is 87.2 Å². The molecule has 2 heterocycles. The van der Waals surface area contributed by atoms with E-state index in [1.165, 1.54) is 17.4 Å². The Morgan fingerprint density at radius 1 is 1.38 bits per heavy atom. The lowest BCUT2D eigenvalue weighted by Gasteiger charge is -2.05. The minimum atomic E-state index is -0.189. The fourth-order valence-corrected chi connectivity index (χ4v) is 3.21. The van der Waals surface area contributed by atoms with E-state index in [0.717, 1.165) is 33.0 Å². The van der Waals surface area contributed by atoms with Gasteiger partial charge in [0, 0.05) is 28.6 Å². The van der Waals surface area contributed by atoms with Crippen LogP contribution in [0.1, 0.15) is 16.0 Å². The van der Waals surface area contributed by atoms with Crippen LogP contribution in [-0.4, -0.2) is 28.3 Å². The summed E-state index contributed by atoms with van der Waals surface area (Å²) >= 11 is 1.48. The smallest absolute Gasteiger partial charge is 0.244 e. The van der Waals surface area contributed by atoms with E-state index in [4.69, 9.17) is 9.84 Å². The Hall–Kier alpha value is -2.90. The van der Waals surface area contributed by atoms with Crippen molar-refractivity contribution in [3.05, 3.63) is 64.0 Å². The number of aliphatic hydroxyl groups is 1. The maximum Gasteiger partial charge on any atom is 0.244 e. The summed E-state index contributed by atoms with van der Waals surface area (Å²) in [5.74, 6) is 0.594. The van der Waals surface area contributed by atoms with E-state index in [9.17, 15) is 4.79 Å². The molecule has 1 amide bonds. The first kappa shape index (κ1) is 17.9. The van der Waals surface area contributed by atoms with E-state index < -0.39 is 0 Å². The molecular formula is C19H19N3O3S. The molecule has 0 spiro atoms. The highest BCUT2D eigenvalue weighted by molar-refractivity contribution is 7.11. The number of hydrogen-bond donors (Lipinski definition) is 3. The molecule has 0 aliphatic rings. The van der Waals surface area contributed by atoms with Crippen LogP contribution in [0.15, 0.2) is 48.0 Å². The maximum absolute atomic E-state index is 12.0. The Labute approximate surface area is 155 Å². The average molecular weight is 369 g/mol. The number of carbonyl (C=O) groups is 1. The lowest BCUT2D eigenvalue weighted by atomic mass is 10.1. The third-order valence-electron chi connectivity index (χ3n) is 3.81. The van der Waals surface area contributed by atoms with Crippen LogP contribution in [0.3, 0.4) is 0 Å². The van der Waals surface area contributed by atoms with Gasteiger partial charge >= 0.3 is 0 Å². The van der Waals surface area contributed by atoms with E-state index in [0.29, 0.717) is 6.54 Å². The molecule has 0 unspecified atom stereocenters. The summed E-state index contributed by atoms with van der Waals surface area (Å²) in [5.41, 5.74) is 3.58. The number of nitrogens with zero attached hydrogens (tertiary/aromatic N) is 1. The summed E-state index contributed by atoms with van der Waals surface area (Å²) in [6, 6.07) is 9.48. The molecule has 0 bridgehead atoms. The number of thiophene rings is 1. The third-order valence-corrected chi connectivity index (χ3v) is 4.75. The highest BCUT2D eigenvalue weighted by Gasteiger charge is 2.09. The number of aliphatic hydroxyl groups excluding tert-OH is 1. The first-order chi connectivity index (χ1) is 12.7. The summed E-state index contributed by atoms with van der Waals surface area (Å²) in [6.45, 7) is 0.374. The van der Waals surface area contributed by atoms with Crippen molar-refractivity contribution in [2.75, 3.05) is 7.11 Å². The maximum atomic E-state index is 12.0. The van der Waals surface area contributed by atoms with Crippen molar-refractivity contribution in [2.45, 2.75) is 13.2 Å². The Kier molecular flexibility index (Phi) is 5.83. The molecule has 0 radical (unpaired) electrons. The number of rotatable bonds is 7. The second-order valence-corrected chi connectivity index (χ2v) is 6.51. The van der Waals surface area contributed by atoms with Crippen LogP contribution in [-0.2, 0) is 17.9 Å². The molecule has 0 fully saturated rings. The van der Waals surface area contributed by atoms with Crippen LogP contribution in [0, 0.1) is 0 Å². The Balaban J connectivity index is 1.61. The normalized spacial score (nSPS) is 11.0. The van der Waals surface area contributed by atoms with Crippen LogP contribution >= 0.6 is 11.3 Å². The molecule has 0 saturated carbocycles. The van der Waals surface area contributed by atoms with Gasteiger partial charge in [-0.05, 0) is 47.4 Å². The van der Waals surface area contributed by atoms with Gasteiger partial charge in [0.2, 0.25) is 5.91 Å². The van der Waals surface area contributed by atoms with Gasteiger partial charge in [-0.2, -0.15) is 5.10 Å². The number of aromatic amines is 1. The monoisotopic (exact) mass is 369 g/mol. The number of hydrogen-bond acceptors (Lipinski definition) is 5. The van der Waals surface area contributed by atoms with Crippen molar-refractivity contribution in [3.8, 4) is 17.0 Å². The fraction of sp³-hybridized carbons (Fsp3) is 0.158. The van der Waals surface area contributed by atoms with Crippen molar-refractivity contribution < 1.29 is 14.6 Å². The summed E-state index contributed by atoms with van der Waals surface area (Å²) in [7, 11) is 1.63. The molecule has 2 aromatic heterocycles. The molecule has 0 saturated heterocycles. The van der Waals surface area contributed by atoms with Gasteiger partial charge in [-0.15, -0.1) is 11.3 Å². The van der Waals surface area contributed by atoms with Crippen molar-refractivity contribution in [2.24, 2.45) is 0 Å². The van der Waals surface area contributed by atoms with Crippen LogP contribution in [0.25, 0.3) is 17.3 Å². The first-order valence-corrected chi connectivity index (χ1v) is 8.88. The molecule has 134 valence electrons. The lowest BCUT2D eigenvalue weighted by Crippen LogP contribution is -2.20.